The van der Waals surface area contributed by atoms with Gasteiger partial charge in [0.15, 0.2) is 5.84 Å². The standard InChI is InChI=1S/C12H18N4O4/c1-8(7-20-3)15(2)10-5-4-9(12(13)14-17)6-11(10)16(18)19/h4-6,8,17H,7H2,1-3H3,(H2,13,14). The maximum Gasteiger partial charge on any atom is 0.293 e. The van der Waals surface area contributed by atoms with Gasteiger partial charge in [-0.15, -0.1) is 0 Å². The second-order valence-corrected chi connectivity index (χ2v) is 4.36. The summed E-state index contributed by atoms with van der Waals surface area (Å²) in [6.07, 6.45) is 0. The lowest BCUT2D eigenvalue weighted by Crippen LogP contribution is -2.33. The molecule has 0 spiro atoms. The number of nitrogens with zero attached hydrogens (tertiary/aromatic N) is 3. The summed E-state index contributed by atoms with van der Waals surface area (Å²) in [5.41, 5.74) is 6.06. The van der Waals surface area contributed by atoms with E-state index in [1.807, 2.05) is 6.92 Å². The maximum atomic E-state index is 11.2. The summed E-state index contributed by atoms with van der Waals surface area (Å²) in [4.78, 5) is 12.4. The van der Waals surface area contributed by atoms with Crippen molar-refractivity contribution in [3.63, 3.8) is 0 Å². The fraction of sp³-hybridized carbons (Fsp3) is 0.417. The number of nitrogens with two attached hydrogens (primary N) is 1. The average Bonchev–Trinajstić information content (AvgIpc) is 2.45. The van der Waals surface area contributed by atoms with Gasteiger partial charge in [0, 0.05) is 31.8 Å². The molecular formula is C12H18N4O4. The van der Waals surface area contributed by atoms with Crippen LogP contribution >= 0.6 is 0 Å². The molecule has 1 rings (SSSR count). The summed E-state index contributed by atoms with van der Waals surface area (Å²) < 4.78 is 5.04. The van der Waals surface area contributed by atoms with E-state index in [2.05, 4.69) is 5.16 Å². The number of amidine groups is 1. The molecule has 1 unspecified atom stereocenters. The summed E-state index contributed by atoms with van der Waals surface area (Å²) in [6, 6.07) is 4.37. The van der Waals surface area contributed by atoms with Gasteiger partial charge in [-0.1, -0.05) is 5.16 Å². The molecule has 0 saturated carbocycles. The number of methoxy groups -OCH3 is 1. The third-order valence-electron chi connectivity index (χ3n) is 3.02. The molecule has 0 aliphatic rings. The molecule has 0 radical (unpaired) electrons. The molecule has 1 atom stereocenters. The first kappa shape index (κ1) is 15.7. The Morgan fingerprint density at radius 1 is 1.65 bits per heavy atom. The molecule has 110 valence electrons. The number of benzene rings is 1. The number of anilines is 1. The van der Waals surface area contributed by atoms with Gasteiger partial charge in [-0.05, 0) is 19.1 Å². The SMILES string of the molecule is COCC(C)N(C)c1ccc(C(N)=NO)cc1[N+](=O)[O-]. The first-order valence-electron chi connectivity index (χ1n) is 5.90. The van der Waals surface area contributed by atoms with Gasteiger partial charge in [-0.3, -0.25) is 10.1 Å². The van der Waals surface area contributed by atoms with E-state index in [1.165, 1.54) is 6.07 Å². The molecule has 0 aliphatic heterocycles. The van der Waals surface area contributed by atoms with Gasteiger partial charge in [-0.25, -0.2) is 0 Å². The number of likely N-dealkylation sites (N-methyl/N-ethyl adjacent to an activating group) is 1. The lowest BCUT2D eigenvalue weighted by Gasteiger charge is -2.26. The highest BCUT2D eigenvalue weighted by Crippen LogP contribution is 2.29. The zero-order valence-corrected chi connectivity index (χ0v) is 11.6. The van der Waals surface area contributed by atoms with Crippen LogP contribution in [-0.2, 0) is 4.74 Å². The van der Waals surface area contributed by atoms with Crippen molar-refractivity contribution in [3.05, 3.63) is 33.9 Å². The topological polar surface area (TPSA) is 114 Å². The molecule has 1 aromatic carbocycles. The van der Waals surface area contributed by atoms with E-state index < -0.39 is 4.92 Å². The molecule has 20 heavy (non-hydrogen) atoms. The second-order valence-electron chi connectivity index (χ2n) is 4.36. The molecule has 8 nitrogen and oxygen atoms in total. The Morgan fingerprint density at radius 2 is 2.30 bits per heavy atom. The van der Waals surface area contributed by atoms with Gasteiger partial charge in [0.1, 0.15) is 5.69 Å². The van der Waals surface area contributed by atoms with Gasteiger partial charge in [0.25, 0.3) is 5.69 Å². The number of hydrogen-bond donors (Lipinski definition) is 2. The number of nitro groups is 1. The normalized spacial score (nSPS) is 13.1. The Labute approximate surface area is 116 Å². The Hall–Kier alpha value is -2.35. The van der Waals surface area contributed by atoms with E-state index in [4.69, 9.17) is 15.7 Å². The lowest BCUT2D eigenvalue weighted by atomic mass is 10.1. The maximum absolute atomic E-state index is 11.2. The van der Waals surface area contributed by atoms with Gasteiger partial charge in [-0.2, -0.15) is 0 Å². The Balaban J connectivity index is 3.23. The molecule has 8 heteroatoms. The number of rotatable bonds is 6. The van der Waals surface area contributed by atoms with Crippen LogP contribution in [-0.4, -0.2) is 42.8 Å². The highest BCUT2D eigenvalue weighted by Gasteiger charge is 2.21. The fourth-order valence-corrected chi connectivity index (χ4v) is 1.78. The van der Waals surface area contributed by atoms with Crippen LogP contribution in [0.2, 0.25) is 0 Å². The van der Waals surface area contributed by atoms with Crippen molar-refractivity contribution in [1.82, 2.24) is 0 Å². The van der Waals surface area contributed by atoms with Crippen LogP contribution in [0.25, 0.3) is 0 Å². The van der Waals surface area contributed by atoms with Gasteiger partial charge < -0.3 is 20.6 Å². The molecule has 0 saturated heterocycles. The zero-order chi connectivity index (χ0) is 15.3. The van der Waals surface area contributed by atoms with Crippen molar-refractivity contribution in [2.45, 2.75) is 13.0 Å². The Morgan fingerprint density at radius 3 is 2.80 bits per heavy atom. The summed E-state index contributed by atoms with van der Waals surface area (Å²) >= 11 is 0. The molecule has 0 aliphatic carbocycles. The van der Waals surface area contributed by atoms with Crippen LogP contribution in [0.15, 0.2) is 23.4 Å². The molecular weight excluding hydrogens is 264 g/mol. The molecule has 0 fully saturated rings. The second kappa shape index (κ2) is 6.71. The van der Waals surface area contributed by atoms with Crippen LogP contribution in [0.5, 0.6) is 0 Å². The van der Waals surface area contributed by atoms with Crippen LogP contribution in [0.4, 0.5) is 11.4 Å². The highest BCUT2D eigenvalue weighted by atomic mass is 16.6. The average molecular weight is 282 g/mol. The van der Waals surface area contributed by atoms with Crippen molar-refractivity contribution < 1.29 is 14.9 Å². The molecule has 0 heterocycles. The van der Waals surface area contributed by atoms with Gasteiger partial charge >= 0.3 is 0 Å². The van der Waals surface area contributed by atoms with Crippen molar-refractivity contribution >= 4 is 17.2 Å². The smallest absolute Gasteiger partial charge is 0.293 e. The first-order chi connectivity index (χ1) is 9.42. The fourth-order valence-electron chi connectivity index (χ4n) is 1.78. The quantitative estimate of drug-likeness (QED) is 0.266. The number of ether oxygens (including phenoxy) is 1. The van der Waals surface area contributed by atoms with E-state index >= 15 is 0 Å². The van der Waals surface area contributed by atoms with Gasteiger partial charge in [0.2, 0.25) is 0 Å². The minimum Gasteiger partial charge on any atom is -0.409 e. The summed E-state index contributed by atoms with van der Waals surface area (Å²) in [5.74, 6) is -0.174. The highest BCUT2D eigenvalue weighted by molar-refractivity contribution is 5.98. The van der Waals surface area contributed by atoms with Crippen LogP contribution in [0.3, 0.4) is 0 Å². The molecule has 3 N–H and O–H groups in total. The summed E-state index contributed by atoms with van der Waals surface area (Å²) in [6.45, 7) is 2.33. The van der Waals surface area contributed by atoms with Gasteiger partial charge in [0.05, 0.1) is 11.5 Å². The van der Waals surface area contributed by atoms with E-state index in [0.29, 0.717) is 12.3 Å². The Kier molecular flexibility index (Phi) is 5.27. The number of oxime groups is 1. The zero-order valence-electron chi connectivity index (χ0n) is 11.6. The molecule has 0 aromatic heterocycles. The third-order valence-corrected chi connectivity index (χ3v) is 3.02. The third kappa shape index (κ3) is 3.35. The van der Waals surface area contributed by atoms with Crippen molar-refractivity contribution in [2.75, 3.05) is 25.7 Å². The van der Waals surface area contributed by atoms with E-state index in [1.54, 1.807) is 31.2 Å². The van der Waals surface area contributed by atoms with Crippen molar-refractivity contribution in [3.8, 4) is 0 Å². The predicted octanol–water partition coefficient (Wildman–Crippen LogP) is 1.16. The Bertz CT molecular complexity index is 518. The molecule has 0 bridgehead atoms. The molecule has 0 amide bonds. The number of nitro benzene ring substituents is 1. The van der Waals surface area contributed by atoms with E-state index in [-0.39, 0.29) is 23.1 Å². The summed E-state index contributed by atoms with van der Waals surface area (Å²) in [7, 11) is 3.31. The van der Waals surface area contributed by atoms with Crippen molar-refractivity contribution in [1.29, 1.82) is 0 Å². The number of hydrogen-bond acceptors (Lipinski definition) is 6. The van der Waals surface area contributed by atoms with Crippen LogP contribution in [0, 0.1) is 10.1 Å². The van der Waals surface area contributed by atoms with E-state index in [0.717, 1.165) is 0 Å². The minimum atomic E-state index is -0.500. The monoisotopic (exact) mass is 282 g/mol. The minimum absolute atomic E-state index is 0.0339. The van der Waals surface area contributed by atoms with Crippen molar-refractivity contribution in [2.24, 2.45) is 10.9 Å². The first-order valence-corrected chi connectivity index (χ1v) is 5.90. The lowest BCUT2D eigenvalue weighted by molar-refractivity contribution is -0.384. The largest absolute Gasteiger partial charge is 0.409 e. The van der Waals surface area contributed by atoms with Crippen LogP contribution in [0.1, 0.15) is 12.5 Å². The van der Waals surface area contributed by atoms with E-state index in [9.17, 15) is 10.1 Å². The summed E-state index contributed by atoms with van der Waals surface area (Å²) in [5, 5.41) is 22.6. The predicted molar refractivity (Wildman–Crippen MR) is 75.3 cm³/mol. The molecule has 1 aromatic rings. The van der Waals surface area contributed by atoms with Crippen LogP contribution < -0.4 is 10.6 Å².